The normalized spacial score (nSPS) is 20.1. The highest BCUT2D eigenvalue weighted by atomic mass is 79.9. The van der Waals surface area contributed by atoms with E-state index in [1.165, 1.54) is 0 Å². The van der Waals surface area contributed by atoms with E-state index in [0.29, 0.717) is 33.1 Å². The monoisotopic (exact) mass is 557 g/mol. The van der Waals surface area contributed by atoms with Crippen molar-refractivity contribution in [1.29, 1.82) is 0 Å². The Kier molecular flexibility index (Phi) is 7.24. The van der Waals surface area contributed by atoms with Crippen LogP contribution in [0, 0.1) is 11.3 Å². The lowest BCUT2D eigenvalue weighted by molar-refractivity contribution is 0.0185. The number of benzene rings is 1. The summed E-state index contributed by atoms with van der Waals surface area (Å²) in [7, 11) is 0. The number of aromatic nitrogens is 2. The fourth-order valence-electron chi connectivity index (χ4n) is 3.97. The van der Waals surface area contributed by atoms with E-state index < -0.39 is 28.9 Å². The molecule has 186 valence electrons. The van der Waals surface area contributed by atoms with Crippen molar-refractivity contribution in [3.05, 3.63) is 32.7 Å². The van der Waals surface area contributed by atoms with Gasteiger partial charge in [-0.25, -0.2) is 20.0 Å². The minimum Gasteiger partial charge on any atom is -0.488 e. The van der Waals surface area contributed by atoms with E-state index in [4.69, 9.17) is 25.8 Å². The summed E-state index contributed by atoms with van der Waals surface area (Å²) in [5, 5.41) is 9.40. The number of fused-ring (bicyclic) bond motifs is 1. The van der Waals surface area contributed by atoms with Crippen molar-refractivity contribution in [1.82, 2.24) is 15.5 Å². The zero-order chi connectivity index (χ0) is 25.5. The van der Waals surface area contributed by atoms with Crippen LogP contribution in [-0.4, -0.2) is 40.2 Å². The number of H-pyrrole nitrogens is 1. The lowest BCUT2D eigenvalue weighted by atomic mass is 9.88. The Morgan fingerprint density at radius 3 is 2.47 bits per heavy atom. The number of rotatable bonds is 5. The van der Waals surface area contributed by atoms with Crippen LogP contribution >= 0.6 is 27.5 Å². The summed E-state index contributed by atoms with van der Waals surface area (Å²) in [6.45, 7) is 11.2. The molecule has 0 aliphatic heterocycles. The molecule has 1 aromatic carbocycles. The quantitative estimate of drug-likeness (QED) is 0.480. The number of nitrogens with zero attached hydrogens (tertiary/aromatic N) is 1. The maximum atomic E-state index is 12.6. The van der Waals surface area contributed by atoms with Crippen LogP contribution in [-0.2, 0) is 15.4 Å². The minimum absolute atomic E-state index is 0.0137. The first-order chi connectivity index (χ1) is 15.6. The van der Waals surface area contributed by atoms with Crippen LogP contribution in [0.2, 0.25) is 0 Å². The van der Waals surface area contributed by atoms with E-state index in [2.05, 4.69) is 31.4 Å². The molecule has 3 rings (SSSR count). The molecule has 2 aromatic rings. The van der Waals surface area contributed by atoms with Crippen LogP contribution in [0.3, 0.4) is 0 Å². The van der Waals surface area contributed by atoms with Gasteiger partial charge in [0.05, 0.1) is 17.0 Å². The number of nitrogens with one attached hydrogen (secondary N) is 2. The van der Waals surface area contributed by atoms with Crippen molar-refractivity contribution < 1.29 is 23.8 Å². The van der Waals surface area contributed by atoms with Gasteiger partial charge in [0, 0.05) is 15.8 Å². The number of alkyl halides is 1. The van der Waals surface area contributed by atoms with Crippen LogP contribution in [0.4, 0.5) is 9.59 Å². The van der Waals surface area contributed by atoms with Crippen molar-refractivity contribution in [3.63, 3.8) is 0 Å². The second kappa shape index (κ2) is 9.37. The van der Waals surface area contributed by atoms with Crippen LogP contribution in [0.1, 0.15) is 53.7 Å². The molecule has 1 aliphatic carbocycles. The topological polar surface area (TPSA) is 120 Å². The maximum Gasteiger partial charge on any atom is 0.417 e. The van der Waals surface area contributed by atoms with E-state index >= 15 is 0 Å². The minimum atomic E-state index is -0.978. The standard InChI is InChI=1S/C23H29BrClN3O6/c1-21(2,3)16-9-23(16,34-20(31)26-19(30)33-22(4,5)6)11-32-15-8-12(24)7-13-14(10-25)27-28-18(29)17(13)15/h7-8,16H,9-11H2,1-6H3,(H,28,29)(H,26,30,31). The molecule has 0 saturated heterocycles. The third-order valence-electron chi connectivity index (χ3n) is 5.46. The molecule has 11 heteroatoms. The van der Waals surface area contributed by atoms with Gasteiger partial charge < -0.3 is 14.2 Å². The summed E-state index contributed by atoms with van der Waals surface area (Å²) in [5.41, 5.74) is -1.85. The first-order valence-electron chi connectivity index (χ1n) is 10.8. The molecule has 0 radical (unpaired) electrons. The molecule has 0 bridgehead atoms. The Hall–Kier alpha value is -2.33. The predicted octanol–water partition coefficient (Wildman–Crippen LogP) is 5.27. The number of halogens is 2. The van der Waals surface area contributed by atoms with E-state index in [9.17, 15) is 14.4 Å². The number of aromatic amines is 1. The maximum absolute atomic E-state index is 12.6. The molecular weight excluding hydrogens is 530 g/mol. The fourth-order valence-corrected chi connectivity index (χ4v) is 4.61. The summed E-state index contributed by atoms with van der Waals surface area (Å²) < 4.78 is 17.6. The van der Waals surface area contributed by atoms with Crippen molar-refractivity contribution in [2.45, 2.75) is 65.0 Å². The van der Waals surface area contributed by atoms with Gasteiger partial charge in [0.15, 0.2) is 5.60 Å². The molecule has 2 amide bonds. The second-order valence-corrected chi connectivity index (χ2v) is 11.6. The number of imide groups is 1. The lowest BCUT2D eigenvalue weighted by Gasteiger charge is -2.26. The number of carbonyl (C=O) groups is 2. The van der Waals surface area contributed by atoms with Crippen molar-refractivity contribution in [3.8, 4) is 5.75 Å². The SMILES string of the molecule is CC(C)(C)OC(=O)NC(=O)OC1(COc2cc(Br)cc3c(CCl)n[nH]c(=O)c23)CC1C(C)(C)C. The van der Waals surface area contributed by atoms with Crippen LogP contribution < -0.4 is 15.6 Å². The Morgan fingerprint density at radius 1 is 1.24 bits per heavy atom. The molecule has 2 atom stereocenters. The van der Waals surface area contributed by atoms with Crippen LogP contribution in [0.15, 0.2) is 21.4 Å². The van der Waals surface area contributed by atoms with Gasteiger partial charge in [0.2, 0.25) is 0 Å². The Balaban J connectivity index is 1.85. The van der Waals surface area contributed by atoms with E-state index in [-0.39, 0.29) is 23.8 Å². The molecule has 1 aromatic heterocycles. The molecule has 2 unspecified atom stereocenters. The zero-order valence-electron chi connectivity index (χ0n) is 20.0. The van der Waals surface area contributed by atoms with Gasteiger partial charge in [-0.05, 0) is 44.7 Å². The van der Waals surface area contributed by atoms with Gasteiger partial charge in [-0.15, -0.1) is 11.6 Å². The average Bonchev–Trinajstić information content (AvgIpc) is 3.39. The lowest BCUT2D eigenvalue weighted by Crippen LogP contribution is -2.41. The number of alkyl carbamates (subject to hydrolysis) is 2. The number of hydrogen-bond acceptors (Lipinski definition) is 7. The van der Waals surface area contributed by atoms with Gasteiger partial charge in [0.25, 0.3) is 5.56 Å². The van der Waals surface area contributed by atoms with Gasteiger partial charge >= 0.3 is 12.2 Å². The van der Waals surface area contributed by atoms with E-state index in [0.717, 1.165) is 0 Å². The van der Waals surface area contributed by atoms with Crippen molar-refractivity contribution in [2.75, 3.05) is 6.61 Å². The van der Waals surface area contributed by atoms with Crippen LogP contribution in [0.5, 0.6) is 5.75 Å². The van der Waals surface area contributed by atoms with E-state index in [1.54, 1.807) is 32.9 Å². The first-order valence-corrected chi connectivity index (χ1v) is 12.1. The highest BCUT2D eigenvalue weighted by Crippen LogP contribution is 2.56. The van der Waals surface area contributed by atoms with Gasteiger partial charge in [-0.2, -0.15) is 5.10 Å². The molecule has 0 spiro atoms. The van der Waals surface area contributed by atoms with Gasteiger partial charge in [-0.3, -0.25) is 4.79 Å². The van der Waals surface area contributed by atoms with Crippen molar-refractivity contribution >= 4 is 50.5 Å². The summed E-state index contributed by atoms with van der Waals surface area (Å²) in [4.78, 5) is 37.0. The summed E-state index contributed by atoms with van der Waals surface area (Å²) >= 11 is 9.42. The first kappa shape index (κ1) is 26.3. The molecule has 2 N–H and O–H groups in total. The van der Waals surface area contributed by atoms with E-state index in [1.807, 2.05) is 20.8 Å². The zero-order valence-corrected chi connectivity index (χ0v) is 22.3. The number of carbonyl (C=O) groups excluding carboxylic acids is 2. The summed E-state index contributed by atoms with van der Waals surface area (Å²) in [6.07, 6.45) is -1.28. The molecule has 34 heavy (non-hydrogen) atoms. The average molecular weight is 559 g/mol. The number of hydrogen-bond donors (Lipinski definition) is 2. The Morgan fingerprint density at radius 2 is 1.91 bits per heavy atom. The number of amides is 2. The second-order valence-electron chi connectivity index (χ2n) is 10.5. The fraction of sp³-hybridized carbons (Fsp3) is 0.565. The summed E-state index contributed by atoms with van der Waals surface area (Å²) in [5.74, 6) is 0.378. The summed E-state index contributed by atoms with van der Waals surface area (Å²) in [6, 6.07) is 3.41. The predicted molar refractivity (Wildman–Crippen MR) is 131 cm³/mol. The largest absolute Gasteiger partial charge is 0.488 e. The molecular formula is C23H29BrClN3O6. The smallest absolute Gasteiger partial charge is 0.417 e. The number of ether oxygens (including phenoxy) is 3. The Labute approximate surface area is 211 Å². The molecule has 1 saturated carbocycles. The Bertz CT molecular complexity index is 1170. The van der Waals surface area contributed by atoms with Crippen LogP contribution in [0.25, 0.3) is 10.8 Å². The molecule has 1 heterocycles. The molecule has 1 aliphatic rings. The third-order valence-corrected chi connectivity index (χ3v) is 6.18. The molecule has 9 nitrogen and oxygen atoms in total. The third kappa shape index (κ3) is 6.02. The van der Waals surface area contributed by atoms with Gasteiger partial charge in [-0.1, -0.05) is 36.7 Å². The highest BCUT2D eigenvalue weighted by molar-refractivity contribution is 9.10. The molecule has 1 fully saturated rings. The highest BCUT2D eigenvalue weighted by Gasteiger charge is 2.63. The van der Waals surface area contributed by atoms with Crippen molar-refractivity contribution in [2.24, 2.45) is 11.3 Å². The van der Waals surface area contributed by atoms with Gasteiger partial charge in [0.1, 0.15) is 18.0 Å².